The van der Waals surface area contributed by atoms with Gasteiger partial charge in [0.05, 0.1) is 18.0 Å². The van der Waals surface area contributed by atoms with Crippen molar-refractivity contribution in [1.82, 2.24) is 4.31 Å². The Bertz CT molecular complexity index is 842. The lowest BCUT2D eigenvalue weighted by molar-refractivity contribution is 0.328. The van der Waals surface area contributed by atoms with Gasteiger partial charge in [0.25, 0.3) is 0 Å². The number of sulfonamides is 1. The third kappa shape index (κ3) is 4.36. The summed E-state index contributed by atoms with van der Waals surface area (Å²) >= 11 is 0. The summed E-state index contributed by atoms with van der Waals surface area (Å²) in [6.45, 7) is 4.78. The Morgan fingerprint density at radius 2 is 1.63 bits per heavy atom. The molecule has 0 aliphatic carbocycles. The Morgan fingerprint density at radius 1 is 0.963 bits per heavy atom. The van der Waals surface area contributed by atoms with Crippen molar-refractivity contribution < 1.29 is 13.2 Å². The largest absolute Gasteiger partial charge is 0.497 e. The van der Waals surface area contributed by atoms with Gasteiger partial charge in [-0.05, 0) is 54.2 Å². The van der Waals surface area contributed by atoms with Gasteiger partial charge < -0.3 is 4.74 Å². The summed E-state index contributed by atoms with van der Waals surface area (Å²) in [7, 11) is -1.90. The molecule has 5 heteroatoms. The van der Waals surface area contributed by atoms with Gasteiger partial charge in [0.15, 0.2) is 0 Å². The number of nitrogens with zero attached hydrogens (tertiary/aromatic N) is 1. The van der Waals surface area contributed by atoms with Crippen LogP contribution in [0.5, 0.6) is 5.75 Å². The van der Waals surface area contributed by atoms with Gasteiger partial charge in [-0.3, -0.25) is 0 Å². The normalized spacial score (nSPS) is 19.0. The Balaban J connectivity index is 1.95. The van der Waals surface area contributed by atoms with Crippen molar-refractivity contribution in [2.45, 2.75) is 56.4 Å². The lowest BCUT2D eigenvalue weighted by Crippen LogP contribution is -2.34. The van der Waals surface area contributed by atoms with Crippen LogP contribution < -0.4 is 4.74 Å². The van der Waals surface area contributed by atoms with Crippen LogP contribution in [0.3, 0.4) is 0 Å². The number of methoxy groups -OCH3 is 1. The van der Waals surface area contributed by atoms with E-state index in [1.165, 1.54) is 0 Å². The summed E-state index contributed by atoms with van der Waals surface area (Å²) < 4.78 is 33.8. The Morgan fingerprint density at radius 3 is 2.22 bits per heavy atom. The molecule has 1 heterocycles. The monoisotopic (exact) mass is 387 g/mol. The molecular weight excluding hydrogens is 358 g/mol. The molecule has 146 valence electrons. The molecule has 0 N–H and O–H groups in total. The molecule has 1 aliphatic rings. The first-order valence-electron chi connectivity index (χ1n) is 9.69. The van der Waals surface area contributed by atoms with Gasteiger partial charge in [0.1, 0.15) is 5.75 Å². The molecule has 2 aromatic carbocycles. The second-order valence-electron chi connectivity index (χ2n) is 7.48. The van der Waals surface area contributed by atoms with Gasteiger partial charge in [-0.15, -0.1) is 0 Å². The van der Waals surface area contributed by atoms with E-state index in [2.05, 4.69) is 13.8 Å². The average molecular weight is 388 g/mol. The van der Waals surface area contributed by atoms with E-state index in [1.807, 2.05) is 36.4 Å². The van der Waals surface area contributed by atoms with Crippen molar-refractivity contribution in [2.24, 2.45) is 0 Å². The maximum atomic E-state index is 13.4. The first-order valence-corrected chi connectivity index (χ1v) is 11.1. The molecule has 0 saturated carbocycles. The van der Waals surface area contributed by atoms with Crippen molar-refractivity contribution in [2.75, 3.05) is 13.7 Å². The fraction of sp³-hybridized carbons (Fsp3) is 0.455. The summed E-state index contributed by atoms with van der Waals surface area (Å²) in [6.07, 6.45) is 3.84. The van der Waals surface area contributed by atoms with E-state index in [9.17, 15) is 8.42 Å². The molecule has 27 heavy (non-hydrogen) atoms. The predicted molar refractivity (Wildman–Crippen MR) is 109 cm³/mol. The quantitative estimate of drug-likeness (QED) is 0.715. The molecule has 0 aromatic heterocycles. The molecule has 0 bridgehead atoms. The van der Waals surface area contributed by atoms with Crippen LogP contribution in [0, 0.1) is 0 Å². The minimum atomic E-state index is -3.54. The summed E-state index contributed by atoms with van der Waals surface area (Å²) in [6, 6.07) is 15.0. The summed E-state index contributed by atoms with van der Waals surface area (Å²) in [4.78, 5) is 0.382. The van der Waals surface area contributed by atoms with Crippen molar-refractivity contribution in [3.8, 4) is 5.75 Å². The Kier molecular flexibility index (Phi) is 6.22. The molecule has 3 rings (SSSR count). The Labute approximate surface area is 163 Å². The molecular formula is C22H29NO3S. The average Bonchev–Trinajstić information content (AvgIpc) is 2.95. The van der Waals surface area contributed by atoms with Gasteiger partial charge in [-0.1, -0.05) is 51.0 Å². The zero-order chi connectivity index (χ0) is 19.4. The zero-order valence-electron chi connectivity index (χ0n) is 16.4. The van der Waals surface area contributed by atoms with Gasteiger partial charge in [0, 0.05) is 6.54 Å². The predicted octanol–water partition coefficient (Wildman–Crippen LogP) is 5.12. The van der Waals surface area contributed by atoms with E-state index >= 15 is 0 Å². The molecule has 4 nitrogen and oxygen atoms in total. The van der Waals surface area contributed by atoms with Crippen LogP contribution in [-0.4, -0.2) is 26.4 Å². The number of rotatable bonds is 5. The van der Waals surface area contributed by atoms with E-state index in [-0.39, 0.29) is 6.04 Å². The molecule has 1 fully saturated rings. The summed E-state index contributed by atoms with van der Waals surface area (Å²) in [5.74, 6) is 1.16. The third-order valence-corrected chi connectivity index (χ3v) is 7.28. The van der Waals surface area contributed by atoms with E-state index in [4.69, 9.17) is 4.74 Å². The highest BCUT2D eigenvalue weighted by Crippen LogP contribution is 2.35. The van der Waals surface area contributed by atoms with Crippen molar-refractivity contribution >= 4 is 10.0 Å². The van der Waals surface area contributed by atoms with Gasteiger partial charge >= 0.3 is 0 Å². The van der Waals surface area contributed by atoms with E-state index < -0.39 is 10.0 Å². The third-order valence-electron chi connectivity index (χ3n) is 5.36. The molecule has 0 spiro atoms. The zero-order valence-corrected chi connectivity index (χ0v) is 17.2. The van der Waals surface area contributed by atoms with Gasteiger partial charge in [0.2, 0.25) is 10.0 Å². The lowest BCUT2D eigenvalue weighted by atomic mass is 10.0. The lowest BCUT2D eigenvalue weighted by Gasteiger charge is -2.29. The maximum Gasteiger partial charge on any atom is 0.243 e. The molecule has 1 atom stereocenters. The van der Waals surface area contributed by atoms with Gasteiger partial charge in [-0.25, -0.2) is 8.42 Å². The number of benzene rings is 2. The first kappa shape index (κ1) is 19.9. The summed E-state index contributed by atoms with van der Waals surface area (Å²) in [5.41, 5.74) is 2.18. The molecule has 0 amide bonds. The SMILES string of the molecule is COc1ccc([C@H]2CCCCCN2S(=O)(=O)c2ccc(C(C)C)cc2)cc1. The van der Waals surface area contributed by atoms with Crippen LogP contribution in [0.1, 0.15) is 62.6 Å². The second-order valence-corrected chi connectivity index (χ2v) is 9.37. The standard InChI is InChI=1S/C22H29NO3S/c1-17(2)18-10-14-21(15-11-18)27(24,25)23-16-6-4-5-7-22(23)19-8-12-20(26-3)13-9-19/h8-15,17,22H,4-7,16H2,1-3H3/t22-/m1/s1. The second kappa shape index (κ2) is 8.44. The van der Waals surface area contributed by atoms with Crippen molar-refractivity contribution in [3.05, 3.63) is 59.7 Å². The van der Waals surface area contributed by atoms with Crippen LogP contribution in [0.4, 0.5) is 0 Å². The molecule has 1 aliphatic heterocycles. The topological polar surface area (TPSA) is 46.6 Å². The van der Waals surface area contributed by atoms with Crippen LogP contribution in [0.2, 0.25) is 0 Å². The minimum absolute atomic E-state index is 0.131. The van der Waals surface area contributed by atoms with Crippen molar-refractivity contribution in [3.63, 3.8) is 0 Å². The van der Waals surface area contributed by atoms with Crippen LogP contribution in [0.15, 0.2) is 53.4 Å². The molecule has 0 radical (unpaired) electrons. The fourth-order valence-corrected chi connectivity index (χ4v) is 5.37. The number of ether oxygens (including phenoxy) is 1. The highest BCUT2D eigenvalue weighted by molar-refractivity contribution is 7.89. The highest BCUT2D eigenvalue weighted by atomic mass is 32.2. The van der Waals surface area contributed by atoms with Crippen LogP contribution >= 0.6 is 0 Å². The van der Waals surface area contributed by atoms with E-state index in [0.29, 0.717) is 17.4 Å². The fourth-order valence-electron chi connectivity index (χ4n) is 3.69. The molecule has 0 unspecified atom stereocenters. The minimum Gasteiger partial charge on any atom is -0.497 e. The molecule has 1 saturated heterocycles. The summed E-state index contributed by atoms with van der Waals surface area (Å²) in [5, 5.41) is 0. The smallest absolute Gasteiger partial charge is 0.243 e. The molecule has 2 aromatic rings. The maximum absolute atomic E-state index is 13.4. The van der Waals surface area contributed by atoms with E-state index in [0.717, 1.165) is 42.6 Å². The van der Waals surface area contributed by atoms with Gasteiger partial charge in [-0.2, -0.15) is 4.31 Å². The van der Waals surface area contributed by atoms with E-state index in [1.54, 1.807) is 23.5 Å². The Hall–Kier alpha value is -1.85. The van der Waals surface area contributed by atoms with Crippen molar-refractivity contribution in [1.29, 1.82) is 0 Å². The van der Waals surface area contributed by atoms with Crippen LogP contribution in [-0.2, 0) is 10.0 Å². The highest BCUT2D eigenvalue weighted by Gasteiger charge is 2.33. The first-order chi connectivity index (χ1) is 12.9. The number of hydrogen-bond acceptors (Lipinski definition) is 3. The number of hydrogen-bond donors (Lipinski definition) is 0. The van der Waals surface area contributed by atoms with Crippen LogP contribution in [0.25, 0.3) is 0 Å².